The molecule has 4 rings (SSSR count). The number of thiophene rings is 1. The fourth-order valence-electron chi connectivity index (χ4n) is 2.87. The molecule has 28 heavy (non-hydrogen) atoms. The Morgan fingerprint density at radius 1 is 1.14 bits per heavy atom. The highest BCUT2D eigenvalue weighted by molar-refractivity contribution is 7.80. The highest BCUT2D eigenvalue weighted by atomic mass is 32.1. The van der Waals surface area contributed by atoms with E-state index in [-0.39, 0.29) is 11.0 Å². The standard InChI is InChI=1S/C21H16N2O3S2/c1-25-19-11-15-14-6-2-3-7-17(14)26-18(15)12-16(19)22-21(27)23-20(24)9-8-13-5-4-10-28-13/h2-12H,1H3,(H2,22,23,24,27). The molecule has 0 atom stereocenters. The number of benzene rings is 2. The molecule has 2 heterocycles. The van der Waals surface area contributed by atoms with Crippen LogP contribution in [0.5, 0.6) is 5.75 Å². The van der Waals surface area contributed by atoms with Crippen LogP contribution in [0, 0.1) is 0 Å². The van der Waals surface area contributed by atoms with Gasteiger partial charge in [-0.15, -0.1) is 11.3 Å². The topological polar surface area (TPSA) is 63.5 Å². The lowest BCUT2D eigenvalue weighted by molar-refractivity contribution is -0.115. The summed E-state index contributed by atoms with van der Waals surface area (Å²) in [6, 6.07) is 15.4. The number of thiocarbonyl (C=S) groups is 1. The SMILES string of the molecule is COc1cc2c(cc1NC(=S)NC(=O)C=Cc1cccs1)oc1ccccc12. The summed E-state index contributed by atoms with van der Waals surface area (Å²) in [6.45, 7) is 0. The molecule has 2 N–H and O–H groups in total. The molecule has 0 aliphatic rings. The molecule has 1 amide bonds. The number of carbonyl (C=O) groups is 1. The van der Waals surface area contributed by atoms with Gasteiger partial charge in [0.15, 0.2) is 5.11 Å². The predicted octanol–water partition coefficient (Wildman–Crippen LogP) is 5.18. The fourth-order valence-corrected chi connectivity index (χ4v) is 3.70. The van der Waals surface area contributed by atoms with Crippen molar-refractivity contribution in [3.05, 3.63) is 64.9 Å². The third-order valence-electron chi connectivity index (χ3n) is 4.13. The summed E-state index contributed by atoms with van der Waals surface area (Å²) in [5, 5.41) is 9.72. The Labute approximate surface area is 170 Å². The molecule has 0 fully saturated rings. The third-order valence-corrected chi connectivity index (χ3v) is 5.17. The second kappa shape index (κ2) is 7.84. The zero-order valence-corrected chi connectivity index (χ0v) is 16.5. The maximum absolute atomic E-state index is 12.1. The summed E-state index contributed by atoms with van der Waals surface area (Å²) in [5.41, 5.74) is 2.11. The molecule has 2 aromatic carbocycles. The first kappa shape index (κ1) is 18.2. The largest absolute Gasteiger partial charge is 0.495 e. The minimum Gasteiger partial charge on any atom is -0.495 e. The van der Waals surface area contributed by atoms with Crippen LogP contribution in [0.3, 0.4) is 0 Å². The Kier molecular flexibility index (Phi) is 5.10. The van der Waals surface area contributed by atoms with E-state index in [0.29, 0.717) is 17.0 Å². The highest BCUT2D eigenvalue weighted by Crippen LogP contribution is 2.36. The smallest absolute Gasteiger partial charge is 0.250 e. The van der Waals surface area contributed by atoms with Crippen molar-refractivity contribution in [2.24, 2.45) is 0 Å². The van der Waals surface area contributed by atoms with Crippen molar-refractivity contribution in [2.45, 2.75) is 0 Å². The van der Waals surface area contributed by atoms with Gasteiger partial charge in [0.1, 0.15) is 16.9 Å². The van der Waals surface area contributed by atoms with E-state index in [9.17, 15) is 4.79 Å². The molecule has 0 unspecified atom stereocenters. The van der Waals surface area contributed by atoms with E-state index in [4.69, 9.17) is 21.4 Å². The first-order valence-electron chi connectivity index (χ1n) is 8.47. The zero-order chi connectivity index (χ0) is 19.5. The van der Waals surface area contributed by atoms with E-state index in [1.165, 1.54) is 6.08 Å². The lowest BCUT2D eigenvalue weighted by atomic mass is 10.1. The molecular formula is C21H16N2O3S2. The van der Waals surface area contributed by atoms with Crippen LogP contribution >= 0.6 is 23.6 Å². The van der Waals surface area contributed by atoms with E-state index in [2.05, 4.69) is 10.6 Å². The molecule has 0 saturated heterocycles. The molecular weight excluding hydrogens is 392 g/mol. The van der Waals surface area contributed by atoms with Crippen LogP contribution in [0.4, 0.5) is 5.69 Å². The highest BCUT2D eigenvalue weighted by Gasteiger charge is 2.13. The number of fused-ring (bicyclic) bond motifs is 3. The average Bonchev–Trinajstić information content (AvgIpc) is 3.33. The molecule has 4 aromatic rings. The normalized spacial score (nSPS) is 11.2. The van der Waals surface area contributed by atoms with Gasteiger partial charge in [-0.2, -0.15) is 0 Å². The van der Waals surface area contributed by atoms with E-state index < -0.39 is 0 Å². The second-order valence-electron chi connectivity index (χ2n) is 5.94. The Hall–Kier alpha value is -3.16. The van der Waals surface area contributed by atoms with Crippen LogP contribution < -0.4 is 15.4 Å². The van der Waals surface area contributed by atoms with Gasteiger partial charge in [0, 0.05) is 27.8 Å². The monoisotopic (exact) mass is 408 g/mol. The van der Waals surface area contributed by atoms with Crippen molar-refractivity contribution in [3.63, 3.8) is 0 Å². The Balaban J connectivity index is 1.54. The number of rotatable bonds is 4. The van der Waals surface area contributed by atoms with Gasteiger partial charge < -0.3 is 14.5 Å². The summed E-state index contributed by atoms with van der Waals surface area (Å²) in [4.78, 5) is 13.0. The van der Waals surface area contributed by atoms with Crippen LogP contribution in [0.2, 0.25) is 0 Å². The third kappa shape index (κ3) is 3.76. The minimum absolute atomic E-state index is 0.176. The van der Waals surface area contributed by atoms with Crippen molar-refractivity contribution in [1.29, 1.82) is 0 Å². The van der Waals surface area contributed by atoms with E-state index in [0.717, 1.165) is 21.2 Å². The van der Waals surface area contributed by atoms with Crippen molar-refractivity contribution in [3.8, 4) is 5.75 Å². The van der Waals surface area contributed by atoms with Crippen molar-refractivity contribution < 1.29 is 13.9 Å². The predicted molar refractivity (Wildman–Crippen MR) is 118 cm³/mol. The number of ether oxygens (including phenoxy) is 1. The summed E-state index contributed by atoms with van der Waals surface area (Å²) >= 11 is 6.81. The van der Waals surface area contributed by atoms with E-state index in [1.54, 1.807) is 24.5 Å². The molecule has 5 nitrogen and oxygen atoms in total. The number of furan rings is 1. The van der Waals surface area contributed by atoms with Gasteiger partial charge in [0.25, 0.3) is 0 Å². The first-order chi connectivity index (χ1) is 13.6. The van der Waals surface area contributed by atoms with Crippen molar-refractivity contribution >= 4 is 68.3 Å². The Morgan fingerprint density at radius 2 is 2.00 bits per heavy atom. The summed E-state index contributed by atoms with van der Waals surface area (Å²) in [5.74, 6) is 0.291. The van der Waals surface area contributed by atoms with Crippen molar-refractivity contribution in [2.75, 3.05) is 12.4 Å². The number of amides is 1. The fraction of sp³-hybridized carbons (Fsp3) is 0.0476. The van der Waals surface area contributed by atoms with Crippen LogP contribution in [0.1, 0.15) is 4.88 Å². The van der Waals surface area contributed by atoms with E-state index >= 15 is 0 Å². The zero-order valence-electron chi connectivity index (χ0n) is 14.9. The molecule has 0 aliphatic carbocycles. The van der Waals surface area contributed by atoms with Crippen molar-refractivity contribution in [1.82, 2.24) is 5.32 Å². The van der Waals surface area contributed by atoms with E-state index in [1.807, 2.05) is 53.9 Å². The van der Waals surface area contributed by atoms with Crippen LogP contribution in [0.25, 0.3) is 28.0 Å². The van der Waals surface area contributed by atoms with Gasteiger partial charge in [0.2, 0.25) is 5.91 Å². The quantitative estimate of drug-likeness (QED) is 0.360. The number of hydrogen-bond donors (Lipinski definition) is 2. The molecule has 7 heteroatoms. The molecule has 2 aromatic heterocycles. The van der Waals surface area contributed by atoms with Gasteiger partial charge in [-0.05, 0) is 41.9 Å². The molecule has 0 bridgehead atoms. The first-order valence-corrected chi connectivity index (χ1v) is 9.75. The Bertz CT molecular complexity index is 1190. The number of carbonyl (C=O) groups excluding carboxylic acids is 1. The number of hydrogen-bond acceptors (Lipinski definition) is 5. The summed E-state index contributed by atoms with van der Waals surface area (Å²) < 4.78 is 11.4. The molecule has 140 valence electrons. The van der Waals surface area contributed by atoms with Crippen LogP contribution in [-0.4, -0.2) is 18.1 Å². The maximum atomic E-state index is 12.1. The lowest BCUT2D eigenvalue weighted by Crippen LogP contribution is -2.32. The second-order valence-corrected chi connectivity index (χ2v) is 7.33. The van der Waals surface area contributed by atoms with Gasteiger partial charge in [-0.1, -0.05) is 24.3 Å². The number of methoxy groups -OCH3 is 1. The minimum atomic E-state index is -0.310. The Morgan fingerprint density at radius 3 is 2.79 bits per heavy atom. The van der Waals surface area contributed by atoms with Gasteiger partial charge >= 0.3 is 0 Å². The average molecular weight is 409 g/mol. The summed E-state index contributed by atoms with van der Waals surface area (Å²) in [6.07, 6.45) is 3.18. The van der Waals surface area contributed by atoms with Gasteiger partial charge in [-0.25, -0.2) is 0 Å². The van der Waals surface area contributed by atoms with Gasteiger partial charge in [0.05, 0.1) is 12.8 Å². The molecule has 0 spiro atoms. The molecule has 0 radical (unpaired) electrons. The lowest BCUT2D eigenvalue weighted by Gasteiger charge is -2.12. The number of anilines is 1. The molecule has 0 aliphatic heterocycles. The van der Waals surface area contributed by atoms with Crippen LogP contribution in [-0.2, 0) is 4.79 Å². The number of nitrogens with one attached hydrogen (secondary N) is 2. The summed E-state index contributed by atoms with van der Waals surface area (Å²) in [7, 11) is 1.58. The van der Waals surface area contributed by atoms with Gasteiger partial charge in [-0.3, -0.25) is 10.1 Å². The van der Waals surface area contributed by atoms with Crippen LogP contribution in [0.15, 0.2) is 64.4 Å². The molecule has 0 saturated carbocycles. The maximum Gasteiger partial charge on any atom is 0.250 e. The number of para-hydroxylation sites is 1.